The van der Waals surface area contributed by atoms with Gasteiger partial charge in [0.2, 0.25) is 5.89 Å². The van der Waals surface area contributed by atoms with Crippen molar-refractivity contribution in [2.24, 2.45) is 0 Å². The van der Waals surface area contributed by atoms with E-state index in [-0.39, 0.29) is 17.3 Å². The molecule has 5 nitrogen and oxygen atoms in total. The van der Waals surface area contributed by atoms with Gasteiger partial charge in [-0.1, -0.05) is 32.0 Å². The van der Waals surface area contributed by atoms with E-state index in [4.69, 9.17) is 4.52 Å². The lowest BCUT2D eigenvalue weighted by molar-refractivity contribution is 0.330. The summed E-state index contributed by atoms with van der Waals surface area (Å²) in [6.45, 7) is 10.5. The maximum absolute atomic E-state index is 14.4. The van der Waals surface area contributed by atoms with Crippen LogP contribution >= 0.6 is 0 Å². The van der Waals surface area contributed by atoms with Crippen LogP contribution in [0.1, 0.15) is 63.9 Å². The molecule has 6 heteroatoms. The van der Waals surface area contributed by atoms with Crippen molar-refractivity contribution in [3.63, 3.8) is 0 Å². The van der Waals surface area contributed by atoms with Crippen LogP contribution in [-0.2, 0) is 12.0 Å². The van der Waals surface area contributed by atoms with Crippen LogP contribution in [0.3, 0.4) is 0 Å². The summed E-state index contributed by atoms with van der Waals surface area (Å²) in [7, 11) is 0. The fourth-order valence-electron chi connectivity index (χ4n) is 3.03. The first-order chi connectivity index (χ1) is 11.9. The van der Waals surface area contributed by atoms with Gasteiger partial charge in [-0.2, -0.15) is 4.98 Å². The van der Waals surface area contributed by atoms with Gasteiger partial charge >= 0.3 is 0 Å². The Bertz CT molecular complexity index is 716. The van der Waals surface area contributed by atoms with E-state index in [9.17, 15) is 4.39 Å². The van der Waals surface area contributed by atoms with Crippen molar-refractivity contribution >= 4 is 5.69 Å². The Kier molecular flexibility index (Phi) is 5.08. The van der Waals surface area contributed by atoms with E-state index in [0.717, 1.165) is 31.6 Å². The van der Waals surface area contributed by atoms with Gasteiger partial charge in [-0.25, -0.2) is 4.39 Å². The zero-order valence-electron chi connectivity index (χ0n) is 15.5. The second-order valence-electron chi connectivity index (χ2n) is 7.74. The van der Waals surface area contributed by atoms with Crippen molar-refractivity contribution in [2.45, 2.75) is 58.5 Å². The van der Waals surface area contributed by atoms with Crippen molar-refractivity contribution in [1.82, 2.24) is 15.5 Å². The van der Waals surface area contributed by atoms with Crippen molar-refractivity contribution in [3.8, 4) is 0 Å². The number of nitrogens with zero attached hydrogens (tertiary/aromatic N) is 3. The molecule has 1 unspecified atom stereocenters. The molecule has 0 aliphatic carbocycles. The van der Waals surface area contributed by atoms with Gasteiger partial charge in [0.1, 0.15) is 5.82 Å². The van der Waals surface area contributed by atoms with Crippen LogP contribution in [0.4, 0.5) is 10.1 Å². The van der Waals surface area contributed by atoms with Gasteiger partial charge in [-0.05, 0) is 31.9 Å². The average molecular weight is 346 g/mol. The van der Waals surface area contributed by atoms with Gasteiger partial charge < -0.3 is 14.7 Å². The van der Waals surface area contributed by atoms with Gasteiger partial charge in [-0.3, -0.25) is 0 Å². The van der Waals surface area contributed by atoms with Crippen LogP contribution in [0.15, 0.2) is 22.7 Å². The molecular weight excluding hydrogens is 319 g/mol. The Morgan fingerprint density at radius 2 is 2.00 bits per heavy atom. The molecule has 0 amide bonds. The Morgan fingerprint density at radius 1 is 1.28 bits per heavy atom. The molecule has 2 aromatic rings. The first-order valence-electron chi connectivity index (χ1n) is 8.96. The molecule has 0 bridgehead atoms. The highest BCUT2D eigenvalue weighted by molar-refractivity contribution is 5.54. The van der Waals surface area contributed by atoms with E-state index in [1.165, 1.54) is 6.07 Å². The lowest BCUT2D eigenvalue weighted by atomic mass is 9.96. The summed E-state index contributed by atoms with van der Waals surface area (Å²) in [5, 5.41) is 7.37. The summed E-state index contributed by atoms with van der Waals surface area (Å²) in [6, 6.07) is 5.16. The molecule has 0 spiro atoms. The number of hydrogen-bond donors (Lipinski definition) is 1. The molecule has 0 radical (unpaired) electrons. The summed E-state index contributed by atoms with van der Waals surface area (Å²) in [6.07, 6.45) is 2.33. The predicted molar refractivity (Wildman–Crippen MR) is 96.1 cm³/mol. The minimum absolute atomic E-state index is 0.144. The third kappa shape index (κ3) is 4.00. The normalized spacial score (nSPS) is 16.4. The van der Waals surface area contributed by atoms with Gasteiger partial charge in [-0.15, -0.1) is 0 Å². The van der Waals surface area contributed by atoms with E-state index in [1.807, 2.05) is 33.8 Å². The third-order valence-electron chi connectivity index (χ3n) is 4.61. The van der Waals surface area contributed by atoms with Crippen LogP contribution in [0, 0.1) is 5.82 Å². The first-order valence-corrected chi connectivity index (χ1v) is 8.96. The molecule has 1 aromatic carbocycles. The summed E-state index contributed by atoms with van der Waals surface area (Å²) >= 11 is 0. The summed E-state index contributed by atoms with van der Waals surface area (Å²) in [4.78, 5) is 6.73. The van der Waals surface area contributed by atoms with Crippen LogP contribution < -0.4 is 10.2 Å². The standard InChI is InChI=1S/C19H27FN4O/c1-13(17-22-18(23-25-17)19(2,3)4)21-12-14-15(20)8-7-9-16(14)24-10-5-6-11-24/h7-9,13,21H,5-6,10-12H2,1-4H3. The largest absolute Gasteiger partial charge is 0.371 e. The number of rotatable bonds is 5. The lowest BCUT2D eigenvalue weighted by Gasteiger charge is -2.22. The van der Waals surface area contributed by atoms with Gasteiger partial charge in [0.25, 0.3) is 0 Å². The van der Waals surface area contributed by atoms with Crippen molar-refractivity contribution in [2.75, 3.05) is 18.0 Å². The molecule has 3 rings (SSSR count). The topological polar surface area (TPSA) is 54.2 Å². The molecule has 25 heavy (non-hydrogen) atoms. The van der Waals surface area contributed by atoms with Gasteiger partial charge in [0.05, 0.1) is 6.04 Å². The highest BCUT2D eigenvalue weighted by Gasteiger charge is 2.24. The highest BCUT2D eigenvalue weighted by atomic mass is 19.1. The Morgan fingerprint density at radius 3 is 2.64 bits per heavy atom. The molecule has 1 saturated heterocycles. The molecule has 2 heterocycles. The molecule has 1 atom stereocenters. The second-order valence-corrected chi connectivity index (χ2v) is 7.74. The molecular formula is C19H27FN4O. The zero-order valence-corrected chi connectivity index (χ0v) is 15.5. The minimum Gasteiger partial charge on any atom is -0.371 e. The van der Waals surface area contributed by atoms with Gasteiger partial charge in [0, 0.05) is 36.3 Å². The van der Waals surface area contributed by atoms with Crippen LogP contribution in [0.25, 0.3) is 0 Å². The number of halogens is 1. The summed E-state index contributed by atoms with van der Waals surface area (Å²) in [5.41, 5.74) is 1.53. The smallest absolute Gasteiger partial charge is 0.243 e. The monoisotopic (exact) mass is 346 g/mol. The minimum atomic E-state index is -0.176. The van der Waals surface area contributed by atoms with E-state index in [2.05, 4.69) is 20.4 Å². The number of hydrogen-bond acceptors (Lipinski definition) is 5. The van der Waals surface area contributed by atoms with E-state index < -0.39 is 0 Å². The Balaban J connectivity index is 1.72. The van der Waals surface area contributed by atoms with E-state index >= 15 is 0 Å². The Labute approximate surface area is 148 Å². The van der Waals surface area contributed by atoms with E-state index in [1.54, 1.807) is 6.07 Å². The number of nitrogens with one attached hydrogen (secondary N) is 1. The Hall–Kier alpha value is -1.95. The number of aromatic nitrogens is 2. The maximum Gasteiger partial charge on any atom is 0.243 e. The molecule has 0 saturated carbocycles. The highest BCUT2D eigenvalue weighted by Crippen LogP contribution is 2.27. The van der Waals surface area contributed by atoms with Crippen molar-refractivity contribution < 1.29 is 8.91 Å². The number of anilines is 1. The summed E-state index contributed by atoms with van der Waals surface area (Å²) < 4.78 is 19.8. The maximum atomic E-state index is 14.4. The molecule has 1 aromatic heterocycles. The summed E-state index contributed by atoms with van der Waals surface area (Å²) in [5.74, 6) is 1.04. The SMILES string of the molecule is CC(NCc1c(F)cccc1N1CCCC1)c1nc(C(C)(C)C)no1. The van der Waals surface area contributed by atoms with Crippen LogP contribution in [-0.4, -0.2) is 23.2 Å². The van der Waals surface area contributed by atoms with Crippen LogP contribution in [0.2, 0.25) is 0 Å². The first kappa shape index (κ1) is 17.9. The molecule has 1 fully saturated rings. The van der Waals surface area contributed by atoms with Gasteiger partial charge in [0.15, 0.2) is 5.82 Å². The second kappa shape index (κ2) is 7.12. The average Bonchev–Trinajstić information content (AvgIpc) is 3.24. The quantitative estimate of drug-likeness (QED) is 0.888. The molecule has 1 N–H and O–H groups in total. The fraction of sp³-hybridized carbons (Fsp3) is 0.579. The third-order valence-corrected chi connectivity index (χ3v) is 4.61. The molecule has 136 valence electrons. The number of benzene rings is 1. The van der Waals surface area contributed by atoms with Crippen molar-refractivity contribution in [1.29, 1.82) is 0 Å². The molecule has 1 aliphatic heterocycles. The fourth-order valence-corrected chi connectivity index (χ4v) is 3.03. The van der Waals surface area contributed by atoms with E-state index in [0.29, 0.717) is 23.8 Å². The van der Waals surface area contributed by atoms with Crippen LogP contribution in [0.5, 0.6) is 0 Å². The lowest BCUT2D eigenvalue weighted by Crippen LogP contribution is -2.24. The predicted octanol–water partition coefficient (Wildman–Crippen LogP) is 3.96. The zero-order chi connectivity index (χ0) is 18.0. The van der Waals surface area contributed by atoms with Crippen molar-refractivity contribution in [3.05, 3.63) is 41.3 Å². The molecule has 1 aliphatic rings.